The van der Waals surface area contributed by atoms with Gasteiger partial charge in [-0.1, -0.05) is 48.5 Å². The molecule has 0 aromatic heterocycles. The van der Waals surface area contributed by atoms with Crippen LogP contribution in [-0.4, -0.2) is 56.7 Å². The predicted octanol–water partition coefficient (Wildman–Crippen LogP) is 4.03. The molecule has 4 rings (SSSR count). The van der Waals surface area contributed by atoms with E-state index in [2.05, 4.69) is 16.3 Å². The van der Waals surface area contributed by atoms with Gasteiger partial charge in [-0.3, -0.25) is 19.4 Å². The molecule has 0 aliphatic carbocycles. The minimum absolute atomic E-state index is 0.137. The number of morpholine rings is 1. The van der Waals surface area contributed by atoms with Gasteiger partial charge in [-0.25, -0.2) is 0 Å². The molecule has 0 spiro atoms. The number of aryl methyl sites for hydroxylation is 2. The van der Waals surface area contributed by atoms with E-state index in [1.54, 1.807) is 12.0 Å². The van der Waals surface area contributed by atoms with Crippen molar-refractivity contribution in [3.8, 4) is 5.75 Å². The summed E-state index contributed by atoms with van der Waals surface area (Å²) in [7, 11) is 1.60. The summed E-state index contributed by atoms with van der Waals surface area (Å²) in [5.41, 5.74) is 4.45. The minimum Gasteiger partial charge on any atom is -0.497 e. The zero-order valence-electron chi connectivity index (χ0n) is 21.8. The molecular weight excluding hydrogens is 466 g/mol. The highest BCUT2D eigenvalue weighted by Gasteiger charge is 2.34. The summed E-state index contributed by atoms with van der Waals surface area (Å²) >= 11 is 0. The largest absolute Gasteiger partial charge is 0.497 e. The summed E-state index contributed by atoms with van der Waals surface area (Å²) in [5.74, 6) is 0.302. The second-order valence-electron chi connectivity index (χ2n) is 9.38. The van der Waals surface area contributed by atoms with Gasteiger partial charge in [0, 0.05) is 25.3 Å². The zero-order chi connectivity index (χ0) is 26.2. The molecule has 7 heteroatoms. The lowest BCUT2D eigenvalue weighted by Crippen LogP contribution is -2.49. The molecule has 0 bridgehead atoms. The van der Waals surface area contributed by atoms with E-state index in [0.717, 1.165) is 16.7 Å². The highest BCUT2D eigenvalue weighted by Crippen LogP contribution is 2.31. The molecule has 1 aliphatic rings. The van der Waals surface area contributed by atoms with Crippen LogP contribution in [0.1, 0.15) is 28.3 Å². The van der Waals surface area contributed by atoms with Crippen LogP contribution in [0.5, 0.6) is 5.75 Å². The number of hydrogen-bond acceptors (Lipinski definition) is 5. The van der Waals surface area contributed by atoms with Crippen molar-refractivity contribution in [1.29, 1.82) is 0 Å². The van der Waals surface area contributed by atoms with Crippen molar-refractivity contribution >= 4 is 17.5 Å². The number of methoxy groups -OCH3 is 1. The molecule has 1 saturated heterocycles. The van der Waals surface area contributed by atoms with Gasteiger partial charge >= 0.3 is 0 Å². The molecule has 194 valence electrons. The van der Waals surface area contributed by atoms with Crippen LogP contribution in [0.4, 0.5) is 5.69 Å². The van der Waals surface area contributed by atoms with Crippen LogP contribution in [0, 0.1) is 13.8 Å². The fourth-order valence-corrected chi connectivity index (χ4v) is 4.64. The average Bonchev–Trinajstić information content (AvgIpc) is 2.91. The van der Waals surface area contributed by atoms with E-state index in [0.29, 0.717) is 49.8 Å². The summed E-state index contributed by atoms with van der Waals surface area (Å²) in [6, 6.07) is 22.2. The van der Waals surface area contributed by atoms with Crippen molar-refractivity contribution in [2.24, 2.45) is 0 Å². The van der Waals surface area contributed by atoms with Gasteiger partial charge in [-0.2, -0.15) is 0 Å². The fourth-order valence-electron chi connectivity index (χ4n) is 4.64. The number of carbonyl (C=O) groups excluding carboxylic acids is 2. The summed E-state index contributed by atoms with van der Waals surface area (Å²) in [6.07, 6.45) is 0. The number of benzene rings is 3. The number of nitrogens with zero attached hydrogens (tertiary/aromatic N) is 2. The molecule has 37 heavy (non-hydrogen) atoms. The molecule has 3 aromatic rings. The molecule has 1 atom stereocenters. The second-order valence-corrected chi connectivity index (χ2v) is 9.38. The molecule has 3 aromatic carbocycles. The lowest BCUT2D eigenvalue weighted by atomic mass is 10.0. The van der Waals surface area contributed by atoms with Gasteiger partial charge < -0.3 is 14.8 Å². The summed E-state index contributed by atoms with van der Waals surface area (Å²) in [6.45, 7) is 7.11. The Hall–Kier alpha value is -3.68. The lowest BCUT2D eigenvalue weighted by molar-refractivity contribution is -0.127. The smallest absolute Gasteiger partial charge is 0.248 e. The number of hydrogen-bond donors (Lipinski definition) is 1. The first-order valence-electron chi connectivity index (χ1n) is 12.6. The van der Waals surface area contributed by atoms with E-state index in [4.69, 9.17) is 9.47 Å². The van der Waals surface area contributed by atoms with Crippen LogP contribution >= 0.6 is 0 Å². The number of rotatable bonds is 9. The third-order valence-corrected chi connectivity index (χ3v) is 6.46. The average molecular weight is 502 g/mol. The maximum Gasteiger partial charge on any atom is 0.248 e. The van der Waals surface area contributed by atoms with Gasteiger partial charge in [0.05, 0.1) is 26.9 Å². The minimum atomic E-state index is -0.857. The van der Waals surface area contributed by atoms with Gasteiger partial charge in [0.1, 0.15) is 11.8 Å². The Balaban J connectivity index is 1.73. The molecule has 1 fully saturated rings. The normalized spacial score (nSPS) is 14.6. The predicted molar refractivity (Wildman–Crippen MR) is 145 cm³/mol. The molecule has 7 nitrogen and oxygen atoms in total. The van der Waals surface area contributed by atoms with E-state index < -0.39 is 6.04 Å². The SMILES string of the molecule is COc1ccc([C@@H](C(=O)NCc2ccccc2)N(C(=O)CN2CCOCC2)c2cc(C)cc(C)c2)cc1. The highest BCUT2D eigenvalue weighted by atomic mass is 16.5. The number of amides is 2. The Morgan fingerprint density at radius 2 is 1.62 bits per heavy atom. The van der Waals surface area contributed by atoms with Gasteiger partial charge in [0.15, 0.2) is 0 Å². The van der Waals surface area contributed by atoms with Gasteiger partial charge in [0.25, 0.3) is 0 Å². The first-order chi connectivity index (χ1) is 17.9. The van der Waals surface area contributed by atoms with Crippen LogP contribution in [0.2, 0.25) is 0 Å². The number of carbonyl (C=O) groups is 2. The summed E-state index contributed by atoms with van der Waals surface area (Å²) in [5, 5.41) is 3.07. The van der Waals surface area contributed by atoms with Crippen molar-refractivity contribution in [3.63, 3.8) is 0 Å². The maximum absolute atomic E-state index is 14.0. The van der Waals surface area contributed by atoms with Gasteiger partial charge in [0.2, 0.25) is 11.8 Å². The van der Waals surface area contributed by atoms with Crippen LogP contribution < -0.4 is 15.0 Å². The van der Waals surface area contributed by atoms with Crippen molar-refractivity contribution in [1.82, 2.24) is 10.2 Å². The van der Waals surface area contributed by atoms with E-state index >= 15 is 0 Å². The zero-order valence-corrected chi connectivity index (χ0v) is 21.8. The van der Waals surface area contributed by atoms with Crippen molar-refractivity contribution < 1.29 is 19.1 Å². The van der Waals surface area contributed by atoms with Crippen molar-refractivity contribution in [2.75, 3.05) is 44.9 Å². The Kier molecular flexibility index (Phi) is 8.93. The van der Waals surface area contributed by atoms with Crippen LogP contribution in [-0.2, 0) is 20.9 Å². The first kappa shape index (κ1) is 26.4. The summed E-state index contributed by atoms with van der Waals surface area (Å²) < 4.78 is 10.8. The fraction of sp³-hybridized carbons (Fsp3) is 0.333. The third kappa shape index (κ3) is 6.96. The topological polar surface area (TPSA) is 71.1 Å². The van der Waals surface area contributed by atoms with E-state index in [1.807, 2.05) is 80.6 Å². The molecule has 1 N–H and O–H groups in total. The van der Waals surface area contributed by atoms with Crippen LogP contribution in [0.3, 0.4) is 0 Å². The Bertz CT molecular complexity index is 1170. The second kappa shape index (κ2) is 12.5. The number of ether oxygens (including phenoxy) is 2. The summed E-state index contributed by atoms with van der Waals surface area (Å²) in [4.78, 5) is 31.6. The first-order valence-corrected chi connectivity index (χ1v) is 12.6. The molecule has 1 aliphatic heterocycles. The molecule has 0 unspecified atom stereocenters. The molecular formula is C30H35N3O4. The number of nitrogens with one attached hydrogen (secondary N) is 1. The molecule has 0 saturated carbocycles. The highest BCUT2D eigenvalue weighted by molar-refractivity contribution is 6.02. The molecule has 0 radical (unpaired) electrons. The van der Waals surface area contributed by atoms with Crippen LogP contribution in [0.25, 0.3) is 0 Å². The Morgan fingerprint density at radius 3 is 2.24 bits per heavy atom. The van der Waals surface area contributed by atoms with Crippen molar-refractivity contribution in [3.05, 3.63) is 95.1 Å². The van der Waals surface area contributed by atoms with Crippen molar-refractivity contribution in [2.45, 2.75) is 26.4 Å². The van der Waals surface area contributed by atoms with Gasteiger partial charge in [-0.05, 0) is 60.4 Å². The molecule has 1 heterocycles. The van der Waals surface area contributed by atoms with Crippen LogP contribution in [0.15, 0.2) is 72.8 Å². The Morgan fingerprint density at radius 1 is 0.973 bits per heavy atom. The monoisotopic (exact) mass is 501 g/mol. The number of anilines is 1. The van der Waals surface area contributed by atoms with E-state index in [-0.39, 0.29) is 18.4 Å². The Labute approximate surface area is 219 Å². The maximum atomic E-state index is 14.0. The van der Waals surface area contributed by atoms with E-state index in [1.165, 1.54) is 0 Å². The van der Waals surface area contributed by atoms with Gasteiger partial charge in [-0.15, -0.1) is 0 Å². The lowest BCUT2D eigenvalue weighted by Gasteiger charge is -2.34. The van der Waals surface area contributed by atoms with E-state index in [9.17, 15) is 9.59 Å². The molecule has 2 amide bonds. The standard InChI is InChI=1S/C30H35N3O4/c1-22-17-23(2)19-26(18-22)33(28(34)21-32-13-15-37-16-14-32)29(25-9-11-27(36-3)12-10-25)30(35)31-20-24-7-5-4-6-8-24/h4-12,17-19,29H,13-16,20-21H2,1-3H3,(H,31,35)/t29-/m0/s1. The quantitative estimate of drug-likeness (QED) is 0.479. The third-order valence-electron chi connectivity index (χ3n) is 6.46.